The van der Waals surface area contributed by atoms with Gasteiger partial charge in [-0.1, -0.05) is 13.0 Å². The van der Waals surface area contributed by atoms with Gasteiger partial charge in [-0.3, -0.25) is 19.1 Å². The topological polar surface area (TPSA) is 123 Å². The van der Waals surface area contributed by atoms with Gasteiger partial charge in [0.2, 0.25) is 11.8 Å². The monoisotopic (exact) mass is 665 g/mol. The number of aromatic nitrogens is 5. The number of nitrogens with zero attached hydrogens (tertiary/aromatic N) is 6. The van der Waals surface area contributed by atoms with Crippen molar-refractivity contribution in [2.75, 3.05) is 11.6 Å². The lowest BCUT2D eigenvalue weighted by Gasteiger charge is -2.27. The van der Waals surface area contributed by atoms with Gasteiger partial charge in [-0.2, -0.15) is 16.9 Å². The van der Waals surface area contributed by atoms with Gasteiger partial charge in [0.05, 0.1) is 5.52 Å². The number of rotatable bonds is 8. The molecule has 0 bridgehead atoms. The molecule has 1 saturated heterocycles. The fraction of sp³-hybridized carbons (Fsp3) is 0.367. The lowest BCUT2D eigenvalue weighted by atomic mass is 10.0. The number of halogens is 2. The van der Waals surface area contributed by atoms with E-state index in [-0.39, 0.29) is 51.7 Å². The molecule has 43 heavy (non-hydrogen) atoms. The molecular formula is C30H29BrFN7O3S. The fourth-order valence-corrected chi connectivity index (χ4v) is 6.75. The van der Waals surface area contributed by atoms with E-state index in [9.17, 15) is 18.8 Å². The summed E-state index contributed by atoms with van der Waals surface area (Å²) in [6.45, 7) is 5.19. The highest BCUT2D eigenvalue weighted by molar-refractivity contribution is 9.10. The molecule has 0 radical (unpaired) electrons. The Hall–Kier alpha value is -3.71. The zero-order chi connectivity index (χ0) is 30.6. The number of amides is 2. The highest BCUT2D eigenvalue weighted by Crippen LogP contribution is 2.59. The van der Waals surface area contributed by atoms with Crippen LogP contribution in [-0.4, -0.2) is 65.6 Å². The third-order valence-corrected chi connectivity index (χ3v) is 9.42. The van der Waals surface area contributed by atoms with E-state index in [1.165, 1.54) is 29.4 Å². The quantitative estimate of drug-likeness (QED) is 0.202. The Kier molecular flexibility index (Phi) is 7.57. The first-order chi connectivity index (χ1) is 20.5. The van der Waals surface area contributed by atoms with Gasteiger partial charge in [-0.15, -0.1) is 0 Å². The number of benzene rings is 1. The molecule has 4 aromatic rings. The predicted octanol–water partition coefficient (Wildman–Crippen LogP) is 5.18. The molecule has 1 unspecified atom stereocenters. The predicted molar refractivity (Wildman–Crippen MR) is 165 cm³/mol. The standard InChI is InChI=1S/C30H29BrFN7O3S/c1-15(40)26-20-7-17(19-11-33-16(2)34-12-19)5-6-22(20)38(37-26)13-25(41)39-23(9-30(3)10-24(30)39)29(42)36-28-18(14-43-4)8-21(32)27(31)35-28/h5-8,11-12,23-24H,9-10,13-14H2,1-4H3,(H,35,36,42)/t23?,24-,30+/m1/s1. The number of aryl methyl sites for hydroxylation is 1. The number of carbonyl (C=O) groups excluding carboxylic acids is 3. The summed E-state index contributed by atoms with van der Waals surface area (Å²) in [5.74, 6) is 0.0246. The number of carbonyl (C=O) groups is 3. The largest absolute Gasteiger partial charge is 0.325 e. The van der Waals surface area contributed by atoms with Crippen molar-refractivity contribution < 1.29 is 18.8 Å². The van der Waals surface area contributed by atoms with Crippen LogP contribution < -0.4 is 5.32 Å². The average molecular weight is 667 g/mol. The molecular weight excluding hydrogens is 637 g/mol. The minimum Gasteiger partial charge on any atom is -0.325 e. The van der Waals surface area contributed by atoms with Crippen LogP contribution in [0.3, 0.4) is 0 Å². The summed E-state index contributed by atoms with van der Waals surface area (Å²) in [5.41, 5.74) is 2.93. The van der Waals surface area contributed by atoms with Gasteiger partial charge in [-0.25, -0.2) is 19.3 Å². The van der Waals surface area contributed by atoms with Crippen LogP contribution in [0.15, 0.2) is 41.3 Å². The second-order valence-corrected chi connectivity index (χ2v) is 13.0. The highest BCUT2D eigenvalue weighted by atomic mass is 79.9. The van der Waals surface area contributed by atoms with Gasteiger partial charge in [0, 0.05) is 47.6 Å². The number of likely N-dealkylation sites (tertiary alicyclic amines) is 1. The number of anilines is 1. The molecule has 13 heteroatoms. The van der Waals surface area contributed by atoms with E-state index < -0.39 is 11.9 Å². The Labute approximate surface area is 260 Å². The van der Waals surface area contributed by atoms with Crippen molar-refractivity contribution in [2.24, 2.45) is 5.41 Å². The zero-order valence-electron chi connectivity index (χ0n) is 24.0. The lowest BCUT2D eigenvalue weighted by Crippen LogP contribution is -2.47. The van der Waals surface area contributed by atoms with Crippen molar-refractivity contribution in [3.05, 3.63) is 64.2 Å². The van der Waals surface area contributed by atoms with Gasteiger partial charge in [0.15, 0.2) is 11.6 Å². The van der Waals surface area contributed by atoms with Crippen LogP contribution in [0.5, 0.6) is 0 Å². The number of Topliss-reactive ketones (excluding diaryl/α,β-unsaturated/α-hetero) is 1. The van der Waals surface area contributed by atoms with E-state index in [2.05, 4.69) is 48.2 Å². The molecule has 3 aromatic heterocycles. The lowest BCUT2D eigenvalue weighted by molar-refractivity contribution is -0.138. The maximum absolute atomic E-state index is 14.2. The number of fused-ring (bicyclic) bond motifs is 2. The first-order valence-corrected chi connectivity index (χ1v) is 15.9. The molecule has 0 spiro atoms. The van der Waals surface area contributed by atoms with Crippen molar-refractivity contribution in [3.8, 4) is 11.1 Å². The molecule has 1 saturated carbocycles. The number of nitrogens with one attached hydrogen (secondary N) is 1. The molecule has 2 fully saturated rings. The Balaban J connectivity index is 1.28. The Morgan fingerprint density at radius 1 is 1.16 bits per heavy atom. The summed E-state index contributed by atoms with van der Waals surface area (Å²) in [4.78, 5) is 54.4. The maximum Gasteiger partial charge on any atom is 0.248 e. The fourth-order valence-electron chi connectivity index (χ4n) is 5.93. The van der Waals surface area contributed by atoms with Crippen LogP contribution in [0.1, 0.15) is 48.6 Å². The molecule has 1 N–H and O–H groups in total. The van der Waals surface area contributed by atoms with Crippen molar-refractivity contribution in [2.45, 2.75) is 58.0 Å². The summed E-state index contributed by atoms with van der Waals surface area (Å²) in [6, 6.07) is 6.14. The minimum atomic E-state index is -0.716. The minimum absolute atomic E-state index is 0.00622. The molecule has 3 atom stereocenters. The van der Waals surface area contributed by atoms with E-state index in [0.29, 0.717) is 34.5 Å². The van der Waals surface area contributed by atoms with E-state index in [1.807, 2.05) is 31.4 Å². The normalized spacial score (nSPS) is 20.7. The molecule has 2 amide bonds. The average Bonchev–Trinajstić information content (AvgIpc) is 3.33. The molecule has 2 aliphatic rings. The number of piperidine rings is 1. The number of thioether (sulfide) groups is 1. The number of hydrogen-bond donors (Lipinski definition) is 1. The Bertz CT molecular complexity index is 1800. The third-order valence-electron chi connectivity index (χ3n) is 8.26. The van der Waals surface area contributed by atoms with Crippen LogP contribution >= 0.6 is 27.7 Å². The van der Waals surface area contributed by atoms with Crippen LogP contribution in [0.2, 0.25) is 0 Å². The van der Waals surface area contributed by atoms with Crippen molar-refractivity contribution in [1.82, 2.24) is 29.6 Å². The second kappa shape index (κ2) is 11.1. The number of hydrogen-bond acceptors (Lipinski definition) is 8. The Morgan fingerprint density at radius 3 is 2.60 bits per heavy atom. The van der Waals surface area contributed by atoms with Crippen molar-refractivity contribution in [3.63, 3.8) is 0 Å². The third kappa shape index (κ3) is 5.44. The summed E-state index contributed by atoms with van der Waals surface area (Å²) in [6.07, 6.45) is 6.64. The van der Waals surface area contributed by atoms with Crippen LogP contribution in [-0.2, 0) is 21.9 Å². The molecule has 1 aromatic carbocycles. The van der Waals surface area contributed by atoms with Gasteiger partial charge in [-0.05, 0) is 71.1 Å². The van der Waals surface area contributed by atoms with Gasteiger partial charge in [0.1, 0.15) is 34.5 Å². The summed E-state index contributed by atoms with van der Waals surface area (Å²) in [7, 11) is 0. The zero-order valence-corrected chi connectivity index (χ0v) is 26.4. The van der Waals surface area contributed by atoms with Gasteiger partial charge >= 0.3 is 0 Å². The Morgan fingerprint density at radius 2 is 1.91 bits per heavy atom. The summed E-state index contributed by atoms with van der Waals surface area (Å²) in [5, 5.41) is 8.01. The first kappa shape index (κ1) is 29.4. The van der Waals surface area contributed by atoms with E-state index in [1.54, 1.807) is 17.3 Å². The second-order valence-electron chi connectivity index (χ2n) is 11.4. The van der Waals surface area contributed by atoms with Gasteiger partial charge < -0.3 is 10.2 Å². The SMILES string of the molecule is CSCc1cc(F)c(Br)nc1NC(=O)C1C[C@@]2(C)C[C@H]2N1C(=O)Cn1nc(C(C)=O)c2cc(-c3cnc(C)nc3)ccc21. The molecule has 1 aliphatic heterocycles. The molecule has 6 rings (SSSR count). The highest BCUT2D eigenvalue weighted by Gasteiger charge is 2.64. The number of ketones is 1. The van der Waals surface area contributed by atoms with E-state index >= 15 is 0 Å². The smallest absolute Gasteiger partial charge is 0.248 e. The maximum atomic E-state index is 14.2. The number of pyridine rings is 1. The van der Waals surface area contributed by atoms with Crippen LogP contribution in [0, 0.1) is 18.2 Å². The summed E-state index contributed by atoms with van der Waals surface area (Å²) < 4.78 is 15.7. The summed E-state index contributed by atoms with van der Waals surface area (Å²) >= 11 is 4.59. The molecule has 1 aliphatic carbocycles. The van der Waals surface area contributed by atoms with Gasteiger partial charge in [0.25, 0.3) is 0 Å². The van der Waals surface area contributed by atoms with Crippen LogP contribution in [0.25, 0.3) is 22.0 Å². The van der Waals surface area contributed by atoms with Crippen molar-refractivity contribution in [1.29, 1.82) is 0 Å². The molecule has 10 nitrogen and oxygen atoms in total. The molecule has 222 valence electrons. The first-order valence-electron chi connectivity index (χ1n) is 13.8. The van der Waals surface area contributed by atoms with E-state index in [4.69, 9.17) is 0 Å². The van der Waals surface area contributed by atoms with E-state index in [0.717, 1.165) is 17.5 Å². The molecule has 4 heterocycles. The van der Waals surface area contributed by atoms with Crippen LogP contribution in [0.4, 0.5) is 10.2 Å². The van der Waals surface area contributed by atoms with Crippen molar-refractivity contribution >= 4 is 62.0 Å².